The molecule has 0 radical (unpaired) electrons. The van der Waals surface area contributed by atoms with Crippen molar-refractivity contribution >= 4 is 0 Å². The van der Waals surface area contributed by atoms with Gasteiger partial charge in [0.2, 0.25) is 0 Å². The van der Waals surface area contributed by atoms with Crippen LogP contribution >= 0.6 is 0 Å². The molecule has 3 N–H and O–H groups in total. The fourth-order valence-electron chi connectivity index (χ4n) is 3.05. The van der Waals surface area contributed by atoms with E-state index in [1.807, 2.05) is 0 Å². The van der Waals surface area contributed by atoms with Crippen LogP contribution in [0.3, 0.4) is 0 Å². The molecule has 2 atom stereocenters. The first kappa shape index (κ1) is 15.9. The largest absolute Gasteiger partial charge is 0.329 e. The Labute approximate surface area is 113 Å². The van der Waals surface area contributed by atoms with E-state index in [1.165, 1.54) is 32.1 Å². The van der Waals surface area contributed by atoms with Crippen molar-refractivity contribution in [2.45, 2.75) is 58.4 Å². The van der Waals surface area contributed by atoms with Gasteiger partial charge in [-0.05, 0) is 38.3 Å². The van der Waals surface area contributed by atoms with E-state index < -0.39 is 0 Å². The number of nitrogens with two attached hydrogens (primary N) is 1. The van der Waals surface area contributed by atoms with Gasteiger partial charge in [0, 0.05) is 25.2 Å². The summed E-state index contributed by atoms with van der Waals surface area (Å²) in [5.41, 5.74) is 6.28. The van der Waals surface area contributed by atoms with Crippen LogP contribution in [-0.4, -0.2) is 43.2 Å². The number of likely N-dealkylation sites (N-methyl/N-ethyl adjacent to an activating group) is 1. The Hall–Kier alpha value is -0.120. The van der Waals surface area contributed by atoms with Crippen molar-refractivity contribution in [3.05, 3.63) is 0 Å². The zero-order chi connectivity index (χ0) is 13.4. The third kappa shape index (κ3) is 4.87. The maximum Gasteiger partial charge on any atom is 0.0304 e. The average molecular weight is 255 g/mol. The number of hydrogen-bond acceptors (Lipinski definition) is 3. The van der Waals surface area contributed by atoms with E-state index >= 15 is 0 Å². The molecule has 0 spiro atoms. The molecular weight excluding hydrogens is 222 g/mol. The van der Waals surface area contributed by atoms with Gasteiger partial charge in [-0.25, -0.2) is 0 Å². The Kier molecular flexibility index (Phi) is 7.20. The zero-order valence-electron chi connectivity index (χ0n) is 12.7. The fourth-order valence-corrected chi connectivity index (χ4v) is 3.05. The highest BCUT2D eigenvalue weighted by Crippen LogP contribution is 2.29. The Bertz CT molecular complexity index is 216. The fraction of sp³-hybridized carbons (Fsp3) is 1.00. The van der Waals surface area contributed by atoms with Gasteiger partial charge in [0.25, 0.3) is 0 Å². The molecule has 1 rings (SSSR count). The normalized spacial score (nSPS) is 29.5. The minimum atomic E-state index is 0.220. The van der Waals surface area contributed by atoms with Crippen LogP contribution in [-0.2, 0) is 0 Å². The molecule has 0 heterocycles. The monoisotopic (exact) mass is 255 g/mol. The van der Waals surface area contributed by atoms with Gasteiger partial charge in [0.05, 0.1) is 0 Å². The molecule has 3 nitrogen and oxygen atoms in total. The summed E-state index contributed by atoms with van der Waals surface area (Å²) in [5, 5.41) is 3.78. The maximum absolute atomic E-state index is 6.06. The topological polar surface area (TPSA) is 41.3 Å². The summed E-state index contributed by atoms with van der Waals surface area (Å²) in [6.07, 6.45) is 6.54. The number of nitrogens with one attached hydrogen (secondary N) is 1. The van der Waals surface area contributed by atoms with Crippen LogP contribution in [0.2, 0.25) is 0 Å². The Morgan fingerprint density at radius 1 is 1.22 bits per heavy atom. The van der Waals surface area contributed by atoms with Gasteiger partial charge in [-0.2, -0.15) is 0 Å². The van der Waals surface area contributed by atoms with E-state index in [-0.39, 0.29) is 5.54 Å². The lowest BCUT2D eigenvalue weighted by molar-refractivity contribution is 0.249. The lowest BCUT2D eigenvalue weighted by Crippen LogP contribution is -2.52. The maximum atomic E-state index is 6.06. The summed E-state index contributed by atoms with van der Waals surface area (Å²) in [5.74, 6) is 0.878. The van der Waals surface area contributed by atoms with Crippen molar-refractivity contribution in [2.24, 2.45) is 11.7 Å². The molecule has 0 amide bonds. The quantitative estimate of drug-likeness (QED) is 0.685. The van der Waals surface area contributed by atoms with Crippen LogP contribution < -0.4 is 11.1 Å². The van der Waals surface area contributed by atoms with Crippen molar-refractivity contribution in [3.8, 4) is 0 Å². The van der Waals surface area contributed by atoms with Gasteiger partial charge in [-0.1, -0.05) is 33.6 Å². The molecule has 1 fully saturated rings. The SMILES string of the molecule is CCN(CC)CCNC1(CN)CCCC(C)CC1. The summed E-state index contributed by atoms with van der Waals surface area (Å²) in [7, 11) is 0. The summed E-state index contributed by atoms with van der Waals surface area (Å²) in [4.78, 5) is 2.47. The molecule has 1 aliphatic rings. The summed E-state index contributed by atoms with van der Waals surface area (Å²) < 4.78 is 0. The molecule has 108 valence electrons. The third-order valence-electron chi connectivity index (χ3n) is 4.68. The van der Waals surface area contributed by atoms with Gasteiger partial charge in [-0.15, -0.1) is 0 Å². The Morgan fingerprint density at radius 2 is 1.94 bits per heavy atom. The molecule has 0 aromatic heterocycles. The van der Waals surface area contributed by atoms with Crippen LogP contribution in [0, 0.1) is 5.92 Å². The number of nitrogens with zero attached hydrogens (tertiary/aromatic N) is 1. The Morgan fingerprint density at radius 3 is 2.56 bits per heavy atom. The highest BCUT2D eigenvalue weighted by molar-refractivity contribution is 4.91. The van der Waals surface area contributed by atoms with Crippen LogP contribution in [0.25, 0.3) is 0 Å². The van der Waals surface area contributed by atoms with Crippen molar-refractivity contribution < 1.29 is 0 Å². The summed E-state index contributed by atoms with van der Waals surface area (Å²) >= 11 is 0. The van der Waals surface area contributed by atoms with Gasteiger partial charge in [0.15, 0.2) is 0 Å². The highest BCUT2D eigenvalue weighted by atomic mass is 15.1. The second kappa shape index (κ2) is 8.13. The van der Waals surface area contributed by atoms with E-state index in [1.54, 1.807) is 0 Å². The molecule has 18 heavy (non-hydrogen) atoms. The van der Waals surface area contributed by atoms with E-state index in [4.69, 9.17) is 5.73 Å². The van der Waals surface area contributed by atoms with Crippen molar-refractivity contribution in [3.63, 3.8) is 0 Å². The lowest BCUT2D eigenvalue weighted by atomic mass is 9.89. The first-order chi connectivity index (χ1) is 8.65. The zero-order valence-corrected chi connectivity index (χ0v) is 12.7. The van der Waals surface area contributed by atoms with Crippen molar-refractivity contribution in [2.75, 3.05) is 32.7 Å². The van der Waals surface area contributed by atoms with Crippen molar-refractivity contribution in [1.29, 1.82) is 0 Å². The van der Waals surface area contributed by atoms with Gasteiger partial charge in [-0.3, -0.25) is 0 Å². The van der Waals surface area contributed by atoms with Gasteiger partial charge < -0.3 is 16.0 Å². The molecular formula is C15H33N3. The number of hydrogen-bond donors (Lipinski definition) is 2. The first-order valence-electron chi connectivity index (χ1n) is 7.83. The number of rotatable bonds is 7. The second-order valence-electron chi connectivity index (χ2n) is 5.97. The van der Waals surface area contributed by atoms with E-state index in [2.05, 4.69) is 31.0 Å². The Balaban J connectivity index is 2.39. The molecule has 2 unspecified atom stereocenters. The molecule has 0 bridgehead atoms. The third-order valence-corrected chi connectivity index (χ3v) is 4.68. The molecule has 0 aromatic rings. The average Bonchev–Trinajstić information content (AvgIpc) is 2.58. The molecule has 0 aromatic carbocycles. The van der Waals surface area contributed by atoms with Crippen LogP contribution in [0.15, 0.2) is 0 Å². The highest BCUT2D eigenvalue weighted by Gasteiger charge is 2.30. The molecule has 1 saturated carbocycles. The standard InChI is InChI=1S/C15H33N3/c1-4-18(5-2)12-11-17-15(13-16)9-6-7-14(3)8-10-15/h14,17H,4-13,16H2,1-3H3. The van der Waals surface area contributed by atoms with Gasteiger partial charge >= 0.3 is 0 Å². The predicted molar refractivity (Wildman–Crippen MR) is 79.8 cm³/mol. The predicted octanol–water partition coefficient (Wildman–Crippen LogP) is 2.22. The van der Waals surface area contributed by atoms with E-state index in [0.29, 0.717) is 0 Å². The van der Waals surface area contributed by atoms with Crippen molar-refractivity contribution in [1.82, 2.24) is 10.2 Å². The molecule has 3 heteroatoms. The lowest BCUT2D eigenvalue weighted by Gasteiger charge is -2.34. The summed E-state index contributed by atoms with van der Waals surface area (Å²) in [6.45, 7) is 12.1. The van der Waals surface area contributed by atoms with E-state index in [9.17, 15) is 0 Å². The molecule has 0 aliphatic heterocycles. The van der Waals surface area contributed by atoms with Gasteiger partial charge in [0.1, 0.15) is 0 Å². The second-order valence-corrected chi connectivity index (χ2v) is 5.97. The minimum Gasteiger partial charge on any atom is -0.329 e. The van der Waals surface area contributed by atoms with Crippen LogP contribution in [0.1, 0.15) is 52.9 Å². The van der Waals surface area contributed by atoms with Crippen LogP contribution in [0.4, 0.5) is 0 Å². The molecule has 1 aliphatic carbocycles. The molecule has 0 saturated heterocycles. The summed E-state index contributed by atoms with van der Waals surface area (Å²) in [6, 6.07) is 0. The van der Waals surface area contributed by atoms with Crippen LogP contribution in [0.5, 0.6) is 0 Å². The van der Waals surface area contributed by atoms with E-state index in [0.717, 1.165) is 38.6 Å². The minimum absolute atomic E-state index is 0.220. The first-order valence-corrected chi connectivity index (χ1v) is 7.83. The smallest absolute Gasteiger partial charge is 0.0304 e.